The Balaban J connectivity index is 2.26. The van der Waals surface area contributed by atoms with Crippen molar-refractivity contribution in [2.75, 3.05) is 0 Å². The number of alkyl halides is 6. The zero-order valence-corrected chi connectivity index (χ0v) is 16.8. The van der Waals surface area contributed by atoms with Gasteiger partial charge in [0.1, 0.15) is 28.0 Å². The number of ether oxygens (including phenoxy) is 1. The molecule has 0 radical (unpaired) electrons. The lowest BCUT2D eigenvalue weighted by Crippen LogP contribution is -2.17. The molecule has 0 unspecified atom stereocenters. The largest absolute Gasteiger partial charge is 0.573 e. The van der Waals surface area contributed by atoms with E-state index >= 15 is 0 Å². The molecule has 1 aromatic heterocycles. The van der Waals surface area contributed by atoms with Crippen molar-refractivity contribution in [1.29, 1.82) is 0 Å². The van der Waals surface area contributed by atoms with Gasteiger partial charge in [0, 0.05) is 11.1 Å². The highest BCUT2D eigenvalue weighted by atomic mass is 32.2. The van der Waals surface area contributed by atoms with Crippen LogP contribution in [-0.2, 0) is 16.2 Å². The topological polar surface area (TPSA) is 95.4 Å². The quantitative estimate of drug-likeness (QED) is 0.498. The predicted octanol–water partition coefficient (Wildman–Crippen LogP) is 5.16. The molecule has 0 bridgehead atoms. The molecule has 33 heavy (non-hydrogen) atoms. The van der Waals surface area contributed by atoms with Crippen LogP contribution in [0.3, 0.4) is 0 Å². The molecule has 15 heteroatoms. The number of rotatable bonds is 4. The molecular formula is C18H10F8N2O4S. The van der Waals surface area contributed by atoms with Gasteiger partial charge in [-0.25, -0.2) is 22.3 Å². The van der Waals surface area contributed by atoms with Gasteiger partial charge < -0.3 is 9.26 Å². The van der Waals surface area contributed by atoms with Gasteiger partial charge >= 0.3 is 12.5 Å². The first-order chi connectivity index (χ1) is 15.0. The summed E-state index contributed by atoms with van der Waals surface area (Å²) in [6.07, 6.45) is -10.3. The minimum atomic E-state index is -5.25. The Hall–Kier alpha value is -3.20. The first-order valence-electron chi connectivity index (χ1n) is 8.45. The van der Waals surface area contributed by atoms with Gasteiger partial charge in [-0.1, -0.05) is 5.16 Å². The third kappa shape index (κ3) is 5.08. The van der Waals surface area contributed by atoms with Gasteiger partial charge in [-0.05, 0) is 42.8 Å². The maximum absolute atomic E-state index is 14.6. The number of nitrogens with zero attached hydrogens (tertiary/aromatic N) is 1. The van der Waals surface area contributed by atoms with E-state index in [9.17, 15) is 43.5 Å². The number of benzene rings is 2. The predicted molar refractivity (Wildman–Crippen MR) is 95.1 cm³/mol. The number of nitrogens with two attached hydrogens (primary N) is 1. The van der Waals surface area contributed by atoms with E-state index in [-0.39, 0.29) is 23.3 Å². The Kier molecular flexibility index (Phi) is 5.91. The van der Waals surface area contributed by atoms with Crippen LogP contribution in [0.15, 0.2) is 39.8 Å². The number of aryl methyl sites for hydroxylation is 1. The van der Waals surface area contributed by atoms with Crippen LogP contribution < -0.4 is 9.88 Å². The normalized spacial score (nSPS) is 12.8. The number of aromatic nitrogens is 1. The van der Waals surface area contributed by atoms with Crippen LogP contribution >= 0.6 is 0 Å². The molecule has 0 aliphatic carbocycles. The van der Waals surface area contributed by atoms with E-state index in [1.807, 2.05) is 0 Å². The highest BCUT2D eigenvalue weighted by Gasteiger charge is 2.42. The summed E-state index contributed by atoms with van der Waals surface area (Å²) in [5.41, 5.74) is -3.32. The van der Waals surface area contributed by atoms with Crippen molar-refractivity contribution < 1.29 is 52.8 Å². The molecule has 0 aliphatic heterocycles. The monoisotopic (exact) mass is 502 g/mol. The molecule has 1 heterocycles. The Morgan fingerprint density at radius 2 is 1.64 bits per heavy atom. The van der Waals surface area contributed by atoms with E-state index in [1.54, 1.807) is 0 Å². The molecule has 0 saturated carbocycles. The van der Waals surface area contributed by atoms with Crippen molar-refractivity contribution >= 4 is 10.0 Å². The Morgan fingerprint density at radius 3 is 2.15 bits per heavy atom. The van der Waals surface area contributed by atoms with Crippen molar-refractivity contribution in [1.82, 2.24) is 5.16 Å². The summed E-state index contributed by atoms with van der Waals surface area (Å²) in [5.74, 6) is -5.78. The summed E-state index contributed by atoms with van der Waals surface area (Å²) < 4.78 is 138. The van der Waals surface area contributed by atoms with Crippen molar-refractivity contribution in [3.63, 3.8) is 0 Å². The fourth-order valence-corrected chi connectivity index (χ4v) is 3.50. The molecular weight excluding hydrogens is 492 g/mol. The third-order valence-electron chi connectivity index (χ3n) is 4.22. The van der Waals surface area contributed by atoms with Gasteiger partial charge in [0.25, 0.3) is 0 Å². The average Bonchev–Trinajstić information content (AvgIpc) is 3.08. The fourth-order valence-electron chi connectivity index (χ4n) is 2.90. The number of hydrogen-bond acceptors (Lipinski definition) is 5. The second kappa shape index (κ2) is 7.98. The molecule has 0 fully saturated rings. The molecule has 0 spiro atoms. The van der Waals surface area contributed by atoms with Crippen LogP contribution in [0, 0.1) is 18.6 Å². The van der Waals surface area contributed by atoms with E-state index in [2.05, 4.69) is 14.4 Å². The first kappa shape index (κ1) is 24.4. The van der Waals surface area contributed by atoms with Gasteiger partial charge in [-0.3, -0.25) is 0 Å². The van der Waals surface area contributed by atoms with Crippen LogP contribution in [0.25, 0.3) is 22.4 Å². The zero-order valence-electron chi connectivity index (χ0n) is 16.0. The van der Waals surface area contributed by atoms with Gasteiger partial charge in [-0.2, -0.15) is 13.2 Å². The molecule has 0 atom stereocenters. The lowest BCUT2D eigenvalue weighted by atomic mass is 9.97. The van der Waals surface area contributed by atoms with E-state index < -0.39 is 67.4 Å². The molecule has 0 saturated heterocycles. The standard InChI is InChI=1S/C18H10F8N2O4S/c1-7-4-8(2-3-12(7)31-18(24,25)26)15-14(16(32-28-15)17(21,22)23)9-5-11(20)13(6-10(9)19)33(27,29)30/h2-6H,1H3,(H2,27,29,30). The Bertz CT molecular complexity index is 1330. The van der Waals surface area contributed by atoms with Crippen LogP contribution in [0.4, 0.5) is 35.1 Å². The minimum absolute atomic E-state index is 0.0858. The summed E-state index contributed by atoms with van der Waals surface area (Å²) in [4.78, 5) is -1.31. The zero-order chi connectivity index (χ0) is 24.9. The van der Waals surface area contributed by atoms with E-state index in [0.29, 0.717) is 0 Å². The number of hydrogen-bond donors (Lipinski definition) is 1. The second-order valence-electron chi connectivity index (χ2n) is 6.57. The molecule has 3 rings (SSSR count). The van der Waals surface area contributed by atoms with Crippen LogP contribution in [-0.4, -0.2) is 19.9 Å². The van der Waals surface area contributed by atoms with E-state index in [1.165, 1.54) is 0 Å². The molecule has 2 N–H and O–H groups in total. The summed E-state index contributed by atoms with van der Waals surface area (Å²) in [5, 5.41) is 7.98. The smallest absolute Gasteiger partial charge is 0.406 e. The molecule has 0 amide bonds. The SMILES string of the molecule is Cc1cc(-c2noc(C(F)(F)F)c2-c2cc(F)c(S(N)(=O)=O)cc2F)ccc1OC(F)(F)F. The molecule has 0 aliphatic rings. The fraction of sp³-hybridized carbons (Fsp3) is 0.167. The van der Waals surface area contributed by atoms with Crippen molar-refractivity contribution in [2.24, 2.45) is 5.14 Å². The van der Waals surface area contributed by atoms with Gasteiger partial charge in [0.15, 0.2) is 0 Å². The van der Waals surface area contributed by atoms with Gasteiger partial charge in [0.2, 0.25) is 15.8 Å². The molecule has 178 valence electrons. The van der Waals surface area contributed by atoms with E-state index in [4.69, 9.17) is 5.14 Å². The van der Waals surface area contributed by atoms with Crippen LogP contribution in [0.5, 0.6) is 5.75 Å². The lowest BCUT2D eigenvalue weighted by molar-refractivity contribution is -0.274. The number of primary sulfonamides is 1. The first-order valence-corrected chi connectivity index (χ1v) is 9.99. The van der Waals surface area contributed by atoms with E-state index in [0.717, 1.165) is 25.1 Å². The molecule has 2 aromatic carbocycles. The maximum Gasteiger partial charge on any atom is 0.573 e. The highest BCUT2D eigenvalue weighted by Crippen LogP contribution is 2.44. The molecule has 6 nitrogen and oxygen atoms in total. The van der Waals surface area contributed by atoms with Gasteiger partial charge in [-0.15, -0.1) is 13.2 Å². The average molecular weight is 502 g/mol. The summed E-state index contributed by atoms with van der Waals surface area (Å²) in [6.45, 7) is 1.15. The van der Waals surface area contributed by atoms with Crippen LogP contribution in [0.1, 0.15) is 11.3 Å². The van der Waals surface area contributed by atoms with Crippen molar-refractivity contribution in [3.05, 3.63) is 53.3 Å². The highest BCUT2D eigenvalue weighted by molar-refractivity contribution is 7.89. The number of sulfonamides is 1. The molecule has 3 aromatic rings. The van der Waals surface area contributed by atoms with Crippen molar-refractivity contribution in [3.8, 4) is 28.1 Å². The van der Waals surface area contributed by atoms with Crippen LogP contribution in [0.2, 0.25) is 0 Å². The second-order valence-corrected chi connectivity index (χ2v) is 8.10. The maximum atomic E-state index is 14.6. The Morgan fingerprint density at radius 1 is 1.00 bits per heavy atom. The third-order valence-corrected chi connectivity index (χ3v) is 5.15. The Labute approximate surface area is 179 Å². The summed E-state index contributed by atoms with van der Waals surface area (Å²) in [6, 6.07) is 2.87. The van der Waals surface area contributed by atoms with Crippen molar-refractivity contribution in [2.45, 2.75) is 24.4 Å². The summed E-state index contributed by atoms with van der Waals surface area (Å²) in [7, 11) is -4.75. The van der Waals surface area contributed by atoms with Gasteiger partial charge in [0.05, 0.1) is 5.56 Å². The minimum Gasteiger partial charge on any atom is -0.406 e. The summed E-state index contributed by atoms with van der Waals surface area (Å²) >= 11 is 0. The number of halogens is 8. The lowest BCUT2D eigenvalue weighted by Gasteiger charge is -2.13.